The van der Waals surface area contributed by atoms with E-state index in [9.17, 15) is 8.42 Å². The van der Waals surface area contributed by atoms with Crippen LogP contribution in [0.25, 0.3) is 0 Å². The number of hydrogen-bond donors (Lipinski definition) is 1. The molecule has 2 rings (SSSR count). The van der Waals surface area contributed by atoms with Crippen LogP contribution < -0.4 is 5.73 Å². The van der Waals surface area contributed by atoms with Gasteiger partial charge in [-0.3, -0.25) is 0 Å². The summed E-state index contributed by atoms with van der Waals surface area (Å²) in [5, 5.41) is 7.38. The van der Waals surface area contributed by atoms with Crippen molar-refractivity contribution in [3.8, 4) is 0 Å². The van der Waals surface area contributed by atoms with Crippen LogP contribution in [0, 0.1) is 11.3 Å². The quantitative estimate of drug-likeness (QED) is 0.883. The zero-order valence-electron chi connectivity index (χ0n) is 10.8. The Kier molecular flexibility index (Phi) is 3.37. The summed E-state index contributed by atoms with van der Waals surface area (Å²) >= 11 is 0.916. The summed E-state index contributed by atoms with van der Waals surface area (Å²) < 4.78 is 26.1. The first-order valence-electron chi connectivity index (χ1n) is 5.80. The highest BCUT2D eigenvalue weighted by Gasteiger charge is 2.39. The fraction of sp³-hybridized carbons (Fsp3) is 0.800. The lowest BCUT2D eigenvalue weighted by molar-refractivity contribution is 0.252. The molecular formula is C10H18N4O2S2. The highest BCUT2D eigenvalue weighted by atomic mass is 32.2. The van der Waals surface area contributed by atoms with Crippen LogP contribution >= 0.6 is 11.3 Å². The summed E-state index contributed by atoms with van der Waals surface area (Å²) in [4.78, 5) is 0. The number of aromatic nitrogens is 2. The topological polar surface area (TPSA) is 89.2 Å². The Morgan fingerprint density at radius 3 is 2.50 bits per heavy atom. The van der Waals surface area contributed by atoms with Crippen LogP contribution in [-0.4, -0.2) is 36.0 Å². The number of hydrogen-bond acceptors (Lipinski definition) is 6. The van der Waals surface area contributed by atoms with Gasteiger partial charge in [0.15, 0.2) is 0 Å². The molecule has 0 aromatic carbocycles. The first-order chi connectivity index (χ1) is 8.21. The number of rotatable bonds is 2. The molecule has 1 saturated heterocycles. The van der Waals surface area contributed by atoms with Crippen LogP contribution in [0.15, 0.2) is 4.34 Å². The predicted octanol–water partition coefficient (Wildman–Crippen LogP) is 1.18. The maximum absolute atomic E-state index is 12.3. The summed E-state index contributed by atoms with van der Waals surface area (Å²) in [6.07, 6.45) is 0.886. The Hall–Kier alpha value is -0.730. The van der Waals surface area contributed by atoms with Crippen LogP contribution in [-0.2, 0) is 10.0 Å². The molecule has 1 unspecified atom stereocenters. The number of nitrogens with two attached hydrogens (primary N) is 1. The predicted molar refractivity (Wildman–Crippen MR) is 70.6 cm³/mol. The molecule has 102 valence electrons. The highest BCUT2D eigenvalue weighted by molar-refractivity contribution is 7.91. The van der Waals surface area contributed by atoms with Gasteiger partial charge in [-0.05, 0) is 17.8 Å². The van der Waals surface area contributed by atoms with E-state index < -0.39 is 10.0 Å². The Bertz CT molecular complexity index is 532. The fourth-order valence-corrected chi connectivity index (χ4v) is 4.51. The third kappa shape index (κ3) is 2.50. The average molecular weight is 290 g/mol. The van der Waals surface area contributed by atoms with E-state index in [1.54, 1.807) is 0 Å². The molecule has 0 saturated carbocycles. The Balaban J connectivity index is 2.19. The number of anilines is 1. The van der Waals surface area contributed by atoms with Gasteiger partial charge >= 0.3 is 0 Å². The van der Waals surface area contributed by atoms with Gasteiger partial charge in [-0.2, -0.15) is 4.31 Å². The highest BCUT2D eigenvalue weighted by Crippen LogP contribution is 2.36. The van der Waals surface area contributed by atoms with Crippen molar-refractivity contribution < 1.29 is 8.42 Å². The zero-order valence-corrected chi connectivity index (χ0v) is 12.4. The number of nitrogens with zero attached hydrogens (tertiary/aromatic N) is 3. The van der Waals surface area contributed by atoms with Gasteiger partial charge in [-0.25, -0.2) is 8.42 Å². The largest absolute Gasteiger partial charge is 0.374 e. The lowest BCUT2D eigenvalue weighted by Crippen LogP contribution is -2.31. The number of sulfonamides is 1. The molecule has 0 aliphatic carbocycles. The Morgan fingerprint density at radius 1 is 1.39 bits per heavy atom. The molecule has 0 bridgehead atoms. The summed E-state index contributed by atoms with van der Waals surface area (Å²) in [7, 11) is -3.51. The minimum atomic E-state index is -3.51. The summed E-state index contributed by atoms with van der Waals surface area (Å²) in [6.45, 7) is 7.50. The Labute approximate surface area is 111 Å². The monoisotopic (exact) mass is 290 g/mol. The van der Waals surface area contributed by atoms with E-state index in [-0.39, 0.29) is 14.9 Å². The second-order valence-corrected chi connectivity index (χ2v) is 8.74. The lowest BCUT2D eigenvalue weighted by Gasteiger charge is -2.26. The summed E-state index contributed by atoms with van der Waals surface area (Å²) in [6, 6.07) is 0. The first kappa shape index (κ1) is 13.7. The van der Waals surface area contributed by atoms with Crippen molar-refractivity contribution in [1.29, 1.82) is 0 Å². The molecule has 18 heavy (non-hydrogen) atoms. The molecule has 8 heteroatoms. The van der Waals surface area contributed by atoms with Crippen LogP contribution in [0.2, 0.25) is 0 Å². The number of nitrogen functional groups attached to an aromatic ring is 1. The van der Waals surface area contributed by atoms with E-state index in [1.807, 2.05) is 0 Å². The molecule has 1 fully saturated rings. The zero-order chi connectivity index (χ0) is 13.6. The maximum atomic E-state index is 12.3. The van der Waals surface area contributed by atoms with Gasteiger partial charge in [0.25, 0.3) is 10.0 Å². The van der Waals surface area contributed by atoms with Crippen LogP contribution in [0.3, 0.4) is 0 Å². The molecule has 1 aliphatic rings. The third-order valence-corrected chi connectivity index (χ3v) is 6.32. The molecule has 1 aromatic heterocycles. The molecule has 1 aromatic rings. The molecule has 6 nitrogen and oxygen atoms in total. The minimum Gasteiger partial charge on any atom is -0.374 e. The molecule has 1 aliphatic heterocycles. The standard InChI is InChI=1S/C10H18N4O2S2/c1-10(2,3)7-4-5-14(6-7)18(15,16)9-13-12-8(11)17-9/h7H,4-6H2,1-3H3,(H2,11,12). The van der Waals surface area contributed by atoms with Crippen molar-refractivity contribution in [3.63, 3.8) is 0 Å². The lowest BCUT2D eigenvalue weighted by atomic mass is 9.80. The van der Waals surface area contributed by atoms with E-state index in [0.29, 0.717) is 19.0 Å². The van der Waals surface area contributed by atoms with Crippen molar-refractivity contribution in [2.75, 3.05) is 18.8 Å². The van der Waals surface area contributed by atoms with Crippen molar-refractivity contribution in [3.05, 3.63) is 0 Å². The van der Waals surface area contributed by atoms with Crippen molar-refractivity contribution >= 4 is 26.5 Å². The van der Waals surface area contributed by atoms with Gasteiger partial charge in [0.2, 0.25) is 9.47 Å². The molecule has 1 atom stereocenters. The molecule has 2 N–H and O–H groups in total. The summed E-state index contributed by atoms with van der Waals surface area (Å²) in [5.74, 6) is 0.373. The molecule has 0 spiro atoms. The van der Waals surface area contributed by atoms with E-state index in [4.69, 9.17) is 5.73 Å². The van der Waals surface area contributed by atoms with Crippen molar-refractivity contribution in [1.82, 2.24) is 14.5 Å². The van der Waals surface area contributed by atoms with Gasteiger partial charge < -0.3 is 5.73 Å². The maximum Gasteiger partial charge on any atom is 0.272 e. The smallest absolute Gasteiger partial charge is 0.272 e. The first-order valence-corrected chi connectivity index (χ1v) is 8.06. The van der Waals surface area contributed by atoms with Crippen LogP contribution in [0.1, 0.15) is 27.2 Å². The van der Waals surface area contributed by atoms with Gasteiger partial charge in [-0.1, -0.05) is 32.1 Å². The van der Waals surface area contributed by atoms with Crippen molar-refractivity contribution in [2.24, 2.45) is 11.3 Å². The Morgan fingerprint density at radius 2 is 2.06 bits per heavy atom. The van der Waals surface area contributed by atoms with E-state index in [0.717, 1.165) is 17.8 Å². The molecular weight excluding hydrogens is 272 g/mol. The second kappa shape index (κ2) is 4.43. The van der Waals surface area contributed by atoms with Crippen molar-refractivity contribution in [2.45, 2.75) is 31.5 Å². The normalized spacial score (nSPS) is 22.5. The molecule has 0 radical (unpaired) electrons. The van der Waals surface area contributed by atoms with Gasteiger partial charge in [0.05, 0.1) is 0 Å². The SMILES string of the molecule is CC(C)(C)C1CCN(S(=O)(=O)c2nnc(N)s2)C1. The fourth-order valence-electron chi connectivity index (χ4n) is 2.09. The molecule has 0 amide bonds. The summed E-state index contributed by atoms with van der Waals surface area (Å²) in [5.41, 5.74) is 5.55. The molecule has 2 heterocycles. The average Bonchev–Trinajstić information content (AvgIpc) is 2.83. The van der Waals surface area contributed by atoms with Crippen LogP contribution in [0.5, 0.6) is 0 Å². The third-order valence-electron chi connectivity index (χ3n) is 3.36. The van der Waals surface area contributed by atoms with E-state index >= 15 is 0 Å². The van der Waals surface area contributed by atoms with E-state index in [2.05, 4.69) is 31.0 Å². The van der Waals surface area contributed by atoms with E-state index in [1.165, 1.54) is 4.31 Å². The van der Waals surface area contributed by atoms with Gasteiger partial charge in [0, 0.05) is 13.1 Å². The van der Waals surface area contributed by atoms with Gasteiger partial charge in [-0.15, -0.1) is 10.2 Å². The second-order valence-electron chi connectivity index (χ2n) is 5.62. The van der Waals surface area contributed by atoms with Gasteiger partial charge in [0.1, 0.15) is 0 Å². The minimum absolute atomic E-state index is 0.00504. The van der Waals surface area contributed by atoms with Crippen LogP contribution in [0.4, 0.5) is 5.13 Å².